The van der Waals surface area contributed by atoms with Crippen molar-refractivity contribution in [1.29, 1.82) is 5.26 Å². The highest BCUT2D eigenvalue weighted by Gasteiger charge is 2.44. The van der Waals surface area contributed by atoms with Crippen LogP contribution in [0.4, 0.5) is 5.69 Å². The maximum Gasteiger partial charge on any atom is 0.319 e. The molecule has 1 heterocycles. The van der Waals surface area contributed by atoms with Gasteiger partial charge in [0.1, 0.15) is 5.92 Å². The lowest BCUT2D eigenvalue weighted by molar-refractivity contribution is -0.150. The molecule has 0 bridgehead atoms. The summed E-state index contributed by atoms with van der Waals surface area (Å²) in [6.45, 7) is 3.93. The van der Waals surface area contributed by atoms with Gasteiger partial charge in [0.2, 0.25) is 11.8 Å². The molecule has 1 aliphatic heterocycles. The molecule has 34 heavy (non-hydrogen) atoms. The minimum Gasteiger partial charge on any atom is -0.468 e. The van der Waals surface area contributed by atoms with Crippen LogP contribution in [0.2, 0.25) is 0 Å². The zero-order valence-electron chi connectivity index (χ0n) is 19.0. The van der Waals surface area contributed by atoms with Gasteiger partial charge in [-0.1, -0.05) is 64.9 Å². The number of esters is 1. The monoisotopic (exact) mass is 541 g/mol. The first kappa shape index (κ1) is 25.5. The lowest BCUT2D eigenvalue weighted by atomic mass is 9.78. The second-order valence-electron chi connectivity index (χ2n) is 7.68. The molecule has 2 amide bonds. The molecule has 2 aromatic carbocycles. The number of thioether (sulfide) groups is 1. The molecule has 0 aromatic heterocycles. The third-order valence-corrected chi connectivity index (χ3v) is 6.99. The predicted octanol–water partition coefficient (Wildman–Crippen LogP) is 4.43. The number of nitrogens with zero attached hydrogens (tertiary/aromatic N) is 1. The molecule has 7 nitrogen and oxygen atoms in total. The average Bonchev–Trinajstić information content (AvgIpc) is 2.83. The summed E-state index contributed by atoms with van der Waals surface area (Å²) in [5.41, 5.74) is 3.54. The third kappa shape index (κ3) is 5.51. The van der Waals surface area contributed by atoms with Crippen molar-refractivity contribution in [2.24, 2.45) is 5.92 Å². The summed E-state index contributed by atoms with van der Waals surface area (Å²) in [6.07, 6.45) is 0.747. The highest BCUT2D eigenvalue weighted by molar-refractivity contribution is 9.10. The largest absolute Gasteiger partial charge is 0.468 e. The predicted molar refractivity (Wildman–Crippen MR) is 135 cm³/mol. The number of hydrogen-bond donors (Lipinski definition) is 2. The molecule has 0 fully saturated rings. The molecular formula is C25H24BrN3O4S. The fourth-order valence-electron chi connectivity index (χ4n) is 3.92. The second-order valence-corrected chi connectivity index (χ2v) is 9.58. The number of rotatable bonds is 7. The molecule has 0 saturated carbocycles. The van der Waals surface area contributed by atoms with E-state index in [1.54, 1.807) is 24.3 Å². The van der Waals surface area contributed by atoms with Gasteiger partial charge in [0.15, 0.2) is 0 Å². The van der Waals surface area contributed by atoms with Crippen molar-refractivity contribution in [2.75, 3.05) is 18.2 Å². The standard InChI is InChI=1S/C25H24BrN3O4S/c1-4-15-11-17(26)10-14(2)22(15)28-19(30)13-34-24-18(12-27)20(16-8-6-5-7-9-16)21(23(31)29-24)25(32)33-3/h5-11,20-21H,4,13H2,1-3H3,(H,28,30)(H,29,31)/t20-,21-/m1/s1. The maximum absolute atomic E-state index is 12.9. The number of methoxy groups -OCH3 is 1. The van der Waals surface area contributed by atoms with Gasteiger partial charge in [-0.25, -0.2) is 0 Å². The Balaban J connectivity index is 1.88. The number of nitriles is 1. The Morgan fingerprint density at radius 1 is 1.26 bits per heavy atom. The van der Waals surface area contributed by atoms with E-state index in [-0.39, 0.29) is 22.3 Å². The van der Waals surface area contributed by atoms with Crippen LogP contribution in [0.1, 0.15) is 29.5 Å². The molecule has 0 spiro atoms. The molecule has 176 valence electrons. The number of amides is 2. The molecule has 9 heteroatoms. The van der Waals surface area contributed by atoms with Crippen molar-refractivity contribution in [1.82, 2.24) is 5.32 Å². The number of carbonyl (C=O) groups is 3. The summed E-state index contributed by atoms with van der Waals surface area (Å²) >= 11 is 4.53. The topological polar surface area (TPSA) is 108 Å². The lowest BCUT2D eigenvalue weighted by Crippen LogP contribution is -2.44. The average molecular weight is 542 g/mol. The van der Waals surface area contributed by atoms with E-state index in [4.69, 9.17) is 4.74 Å². The van der Waals surface area contributed by atoms with Crippen molar-refractivity contribution in [3.8, 4) is 6.07 Å². The van der Waals surface area contributed by atoms with Crippen LogP contribution in [0, 0.1) is 24.2 Å². The molecule has 2 atom stereocenters. The Hall–Kier alpha value is -3.09. The zero-order chi connectivity index (χ0) is 24.8. The molecule has 0 radical (unpaired) electrons. The summed E-state index contributed by atoms with van der Waals surface area (Å²) in [6, 6.07) is 14.9. The maximum atomic E-state index is 12.9. The quantitative estimate of drug-likeness (QED) is 0.396. The van der Waals surface area contributed by atoms with Crippen LogP contribution in [-0.4, -0.2) is 30.6 Å². The van der Waals surface area contributed by atoms with Crippen molar-refractivity contribution < 1.29 is 19.1 Å². The van der Waals surface area contributed by atoms with E-state index in [0.717, 1.165) is 39.5 Å². The molecule has 2 N–H and O–H groups in total. The van der Waals surface area contributed by atoms with Crippen LogP contribution in [0.3, 0.4) is 0 Å². The highest BCUT2D eigenvalue weighted by Crippen LogP contribution is 2.40. The minimum absolute atomic E-state index is 0.0240. The Labute approximate surface area is 211 Å². The van der Waals surface area contributed by atoms with E-state index < -0.39 is 23.7 Å². The van der Waals surface area contributed by atoms with Crippen LogP contribution < -0.4 is 10.6 Å². The molecule has 2 aromatic rings. The summed E-state index contributed by atoms with van der Waals surface area (Å²) in [4.78, 5) is 38.1. The number of benzene rings is 2. The van der Waals surface area contributed by atoms with Crippen LogP contribution in [0.25, 0.3) is 0 Å². The van der Waals surface area contributed by atoms with Crippen LogP contribution in [0.5, 0.6) is 0 Å². The number of nitrogens with one attached hydrogen (secondary N) is 2. The van der Waals surface area contributed by atoms with E-state index in [0.29, 0.717) is 5.56 Å². The number of anilines is 1. The van der Waals surface area contributed by atoms with E-state index in [2.05, 4.69) is 32.6 Å². The first-order valence-corrected chi connectivity index (χ1v) is 12.4. The smallest absolute Gasteiger partial charge is 0.319 e. The van der Waals surface area contributed by atoms with Gasteiger partial charge in [0, 0.05) is 16.1 Å². The highest BCUT2D eigenvalue weighted by atomic mass is 79.9. The second kappa shape index (κ2) is 11.4. The molecular weight excluding hydrogens is 518 g/mol. The van der Waals surface area contributed by atoms with Gasteiger partial charge in [0.05, 0.1) is 29.5 Å². The molecule has 0 unspecified atom stereocenters. The van der Waals surface area contributed by atoms with Crippen molar-refractivity contribution in [3.05, 3.63) is 74.2 Å². The van der Waals surface area contributed by atoms with E-state index in [1.165, 1.54) is 7.11 Å². The van der Waals surface area contributed by atoms with Crippen LogP contribution in [-0.2, 0) is 25.5 Å². The number of allylic oxidation sites excluding steroid dienone is 1. The third-order valence-electron chi connectivity index (χ3n) is 5.52. The van der Waals surface area contributed by atoms with Crippen molar-refractivity contribution in [3.63, 3.8) is 0 Å². The Kier molecular flexibility index (Phi) is 8.53. The van der Waals surface area contributed by atoms with E-state index in [1.807, 2.05) is 32.0 Å². The first-order chi connectivity index (χ1) is 16.3. The van der Waals surface area contributed by atoms with Gasteiger partial charge in [-0.3, -0.25) is 14.4 Å². The normalized spacial score (nSPS) is 17.6. The SMILES string of the molecule is CCc1cc(Br)cc(C)c1NC(=O)CSC1=C(C#N)[C@@H](c2ccccc2)[C@@H](C(=O)OC)C(=O)N1. The van der Waals surface area contributed by atoms with E-state index in [9.17, 15) is 19.6 Å². The van der Waals surface area contributed by atoms with Gasteiger partial charge in [0.25, 0.3) is 0 Å². The zero-order valence-corrected chi connectivity index (χ0v) is 21.4. The van der Waals surface area contributed by atoms with Crippen LogP contribution >= 0.6 is 27.7 Å². The molecule has 0 aliphatic carbocycles. The molecule has 0 saturated heterocycles. The van der Waals surface area contributed by atoms with Gasteiger partial charge in [-0.15, -0.1) is 0 Å². The Morgan fingerprint density at radius 3 is 2.59 bits per heavy atom. The van der Waals surface area contributed by atoms with Crippen molar-refractivity contribution in [2.45, 2.75) is 26.2 Å². The molecule has 3 rings (SSSR count). The van der Waals surface area contributed by atoms with Crippen molar-refractivity contribution >= 4 is 51.2 Å². The lowest BCUT2D eigenvalue weighted by Gasteiger charge is -2.30. The van der Waals surface area contributed by atoms with Gasteiger partial charge >= 0.3 is 5.97 Å². The number of ether oxygens (including phenoxy) is 1. The molecule has 1 aliphatic rings. The van der Waals surface area contributed by atoms with E-state index >= 15 is 0 Å². The van der Waals surface area contributed by atoms with Gasteiger partial charge in [-0.2, -0.15) is 5.26 Å². The fourth-order valence-corrected chi connectivity index (χ4v) is 5.39. The first-order valence-electron chi connectivity index (χ1n) is 10.6. The Morgan fingerprint density at radius 2 is 1.97 bits per heavy atom. The van der Waals surface area contributed by atoms with Gasteiger partial charge < -0.3 is 15.4 Å². The number of hydrogen-bond acceptors (Lipinski definition) is 6. The fraction of sp³-hybridized carbons (Fsp3) is 0.280. The Bertz CT molecular complexity index is 1190. The number of aryl methyl sites for hydroxylation is 2. The summed E-state index contributed by atoms with van der Waals surface area (Å²) in [7, 11) is 1.21. The van der Waals surface area contributed by atoms with Gasteiger partial charge in [-0.05, 0) is 42.2 Å². The number of halogens is 1. The summed E-state index contributed by atoms with van der Waals surface area (Å²) in [5, 5.41) is 15.8. The summed E-state index contributed by atoms with van der Waals surface area (Å²) < 4.78 is 5.78. The minimum atomic E-state index is -1.20. The van der Waals surface area contributed by atoms with Crippen LogP contribution in [0.15, 0.2) is 57.5 Å². The number of carbonyl (C=O) groups excluding carboxylic acids is 3. The summed E-state index contributed by atoms with van der Waals surface area (Å²) in [5.74, 6) is -3.59.